The summed E-state index contributed by atoms with van der Waals surface area (Å²) < 4.78 is 0. The molecule has 2 aliphatic carbocycles. The Bertz CT molecular complexity index is 273. The fourth-order valence-corrected chi connectivity index (χ4v) is 4.53. The molecule has 3 atom stereocenters. The molecule has 1 N–H and O–H groups in total. The van der Waals surface area contributed by atoms with Crippen molar-refractivity contribution in [2.45, 2.75) is 32.1 Å². The van der Waals surface area contributed by atoms with Gasteiger partial charge in [0.15, 0.2) is 0 Å². The molecule has 19 heavy (non-hydrogen) atoms. The molecular weight excluding hydrogens is 234 g/mol. The SMILES string of the molecule is CN(CCN1CCCNCC1)CC1CC2CCC1C2. The molecule has 0 aromatic heterocycles. The van der Waals surface area contributed by atoms with Crippen LogP contribution in [0.3, 0.4) is 0 Å². The predicted octanol–water partition coefficient (Wildman–Crippen LogP) is 1.65. The average molecular weight is 265 g/mol. The van der Waals surface area contributed by atoms with Crippen molar-refractivity contribution in [3.05, 3.63) is 0 Å². The van der Waals surface area contributed by atoms with Gasteiger partial charge in [-0.3, -0.25) is 0 Å². The lowest BCUT2D eigenvalue weighted by atomic mass is 9.88. The summed E-state index contributed by atoms with van der Waals surface area (Å²) in [5.41, 5.74) is 0. The van der Waals surface area contributed by atoms with Gasteiger partial charge in [-0.05, 0) is 63.6 Å². The van der Waals surface area contributed by atoms with Crippen LogP contribution >= 0.6 is 0 Å². The van der Waals surface area contributed by atoms with E-state index < -0.39 is 0 Å². The van der Waals surface area contributed by atoms with Crippen molar-refractivity contribution in [1.29, 1.82) is 0 Å². The first kappa shape index (κ1) is 13.8. The molecule has 3 heteroatoms. The molecule has 3 fully saturated rings. The fourth-order valence-electron chi connectivity index (χ4n) is 4.53. The maximum absolute atomic E-state index is 3.49. The normalized spacial score (nSPS) is 36.0. The predicted molar refractivity (Wildman–Crippen MR) is 80.4 cm³/mol. The van der Waals surface area contributed by atoms with Crippen LogP contribution in [0.4, 0.5) is 0 Å². The zero-order valence-electron chi connectivity index (χ0n) is 12.6. The lowest BCUT2D eigenvalue weighted by Crippen LogP contribution is -2.37. The minimum atomic E-state index is 1.02. The van der Waals surface area contributed by atoms with Crippen LogP contribution in [0, 0.1) is 17.8 Å². The van der Waals surface area contributed by atoms with E-state index in [9.17, 15) is 0 Å². The van der Waals surface area contributed by atoms with Crippen molar-refractivity contribution >= 4 is 0 Å². The van der Waals surface area contributed by atoms with Gasteiger partial charge < -0.3 is 15.1 Å². The van der Waals surface area contributed by atoms with Crippen molar-refractivity contribution in [3.63, 3.8) is 0 Å². The first-order valence-electron chi connectivity index (χ1n) is 8.43. The lowest BCUT2D eigenvalue weighted by molar-refractivity contribution is 0.189. The van der Waals surface area contributed by atoms with E-state index in [0.29, 0.717) is 0 Å². The van der Waals surface area contributed by atoms with Crippen LogP contribution in [0.25, 0.3) is 0 Å². The Morgan fingerprint density at radius 2 is 2.11 bits per heavy atom. The van der Waals surface area contributed by atoms with Gasteiger partial charge in [-0.2, -0.15) is 0 Å². The second kappa shape index (κ2) is 6.55. The van der Waals surface area contributed by atoms with Crippen molar-refractivity contribution < 1.29 is 0 Å². The second-order valence-electron chi connectivity index (χ2n) is 7.14. The number of nitrogens with one attached hydrogen (secondary N) is 1. The highest BCUT2D eigenvalue weighted by Crippen LogP contribution is 2.48. The molecule has 0 aromatic carbocycles. The van der Waals surface area contributed by atoms with Crippen LogP contribution in [0.1, 0.15) is 32.1 Å². The number of nitrogens with zero attached hydrogens (tertiary/aromatic N) is 2. The number of rotatable bonds is 5. The third kappa shape index (κ3) is 3.71. The smallest absolute Gasteiger partial charge is 0.0110 e. The van der Waals surface area contributed by atoms with E-state index >= 15 is 0 Å². The van der Waals surface area contributed by atoms with Gasteiger partial charge in [0.2, 0.25) is 0 Å². The maximum atomic E-state index is 3.49. The lowest BCUT2D eigenvalue weighted by Gasteiger charge is -2.29. The second-order valence-corrected chi connectivity index (χ2v) is 7.14. The van der Waals surface area contributed by atoms with Gasteiger partial charge in [-0.15, -0.1) is 0 Å². The first-order valence-corrected chi connectivity index (χ1v) is 8.43. The minimum Gasteiger partial charge on any atom is -0.315 e. The molecule has 3 aliphatic rings. The van der Waals surface area contributed by atoms with Crippen molar-refractivity contribution in [2.24, 2.45) is 17.8 Å². The van der Waals surface area contributed by atoms with E-state index in [1.165, 1.54) is 71.5 Å². The van der Waals surface area contributed by atoms with Crippen LogP contribution in [0.2, 0.25) is 0 Å². The molecule has 0 radical (unpaired) electrons. The summed E-state index contributed by atoms with van der Waals surface area (Å²) >= 11 is 0. The number of likely N-dealkylation sites (N-methyl/N-ethyl adjacent to an activating group) is 1. The minimum absolute atomic E-state index is 1.02. The summed E-state index contributed by atoms with van der Waals surface area (Å²) in [5, 5.41) is 3.49. The van der Waals surface area contributed by atoms with E-state index in [1.807, 2.05) is 0 Å². The van der Waals surface area contributed by atoms with E-state index in [1.54, 1.807) is 6.42 Å². The molecule has 3 rings (SSSR count). The molecule has 2 bridgehead atoms. The molecule has 110 valence electrons. The Balaban J connectivity index is 1.35. The molecule has 1 saturated heterocycles. The van der Waals surface area contributed by atoms with Crippen LogP contribution < -0.4 is 5.32 Å². The third-order valence-corrected chi connectivity index (χ3v) is 5.66. The fraction of sp³-hybridized carbons (Fsp3) is 1.00. The van der Waals surface area contributed by atoms with E-state index in [-0.39, 0.29) is 0 Å². The highest BCUT2D eigenvalue weighted by molar-refractivity contribution is 4.91. The van der Waals surface area contributed by atoms with Crippen LogP contribution in [0.15, 0.2) is 0 Å². The van der Waals surface area contributed by atoms with Crippen LogP contribution in [0.5, 0.6) is 0 Å². The third-order valence-electron chi connectivity index (χ3n) is 5.66. The molecule has 3 unspecified atom stereocenters. The molecule has 2 saturated carbocycles. The maximum Gasteiger partial charge on any atom is 0.0110 e. The average Bonchev–Trinajstić information content (AvgIpc) is 2.91. The zero-order chi connectivity index (χ0) is 13.1. The molecule has 0 aromatic rings. The van der Waals surface area contributed by atoms with Gasteiger partial charge in [0.05, 0.1) is 0 Å². The van der Waals surface area contributed by atoms with Crippen LogP contribution in [-0.4, -0.2) is 62.7 Å². The molecule has 0 amide bonds. The van der Waals surface area contributed by atoms with Crippen molar-refractivity contribution in [1.82, 2.24) is 15.1 Å². The molecule has 1 aliphatic heterocycles. The molecule has 0 spiro atoms. The Morgan fingerprint density at radius 3 is 2.89 bits per heavy atom. The zero-order valence-corrected chi connectivity index (χ0v) is 12.6. The summed E-state index contributed by atoms with van der Waals surface area (Å²) in [6.07, 6.45) is 7.46. The summed E-state index contributed by atoms with van der Waals surface area (Å²) in [6.45, 7) is 8.78. The highest BCUT2D eigenvalue weighted by atomic mass is 15.2. The number of fused-ring (bicyclic) bond motifs is 2. The summed E-state index contributed by atoms with van der Waals surface area (Å²) in [4.78, 5) is 5.24. The summed E-state index contributed by atoms with van der Waals surface area (Å²) in [7, 11) is 2.34. The van der Waals surface area contributed by atoms with Gasteiger partial charge in [-0.25, -0.2) is 0 Å². The Hall–Kier alpha value is -0.120. The number of hydrogen-bond donors (Lipinski definition) is 1. The largest absolute Gasteiger partial charge is 0.315 e. The van der Waals surface area contributed by atoms with E-state index in [4.69, 9.17) is 0 Å². The Kier molecular flexibility index (Phi) is 4.78. The Morgan fingerprint density at radius 1 is 1.16 bits per heavy atom. The monoisotopic (exact) mass is 265 g/mol. The summed E-state index contributed by atoms with van der Waals surface area (Å²) in [6, 6.07) is 0. The standard InChI is InChI=1S/C16H31N3/c1-18(9-10-19-7-2-5-17-6-8-19)13-16-12-14-3-4-15(16)11-14/h14-17H,2-13H2,1H3. The Labute approximate surface area is 118 Å². The number of hydrogen-bond acceptors (Lipinski definition) is 3. The van der Waals surface area contributed by atoms with Crippen molar-refractivity contribution in [2.75, 3.05) is 52.9 Å². The van der Waals surface area contributed by atoms with Gasteiger partial charge >= 0.3 is 0 Å². The first-order chi connectivity index (χ1) is 9.31. The van der Waals surface area contributed by atoms with E-state index in [2.05, 4.69) is 22.2 Å². The van der Waals surface area contributed by atoms with Gasteiger partial charge in [0.25, 0.3) is 0 Å². The van der Waals surface area contributed by atoms with Crippen LogP contribution in [-0.2, 0) is 0 Å². The quantitative estimate of drug-likeness (QED) is 0.815. The van der Waals surface area contributed by atoms with Crippen molar-refractivity contribution in [3.8, 4) is 0 Å². The van der Waals surface area contributed by atoms with E-state index in [0.717, 1.165) is 17.8 Å². The highest BCUT2D eigenvalue weighted by Gasteiger charge is 2.39. The summed E-state index contributed by atoms with van der Waals surface area (Å²) in [5.74, 6) is 3.20. The molecular formula is C16H31N3. The van der Waals surface area contributed by atoms with Gasteiger partial charge in [-0.1, -0.05) is 6.42 Å². The van der Waals surface area contributed by atoms with Gasteiger partial charge in [0.1, 0.15) is 0 Å². The molecule has 3 nitrogen and oxygen atoms in total. The van der Waals surface area contributed by atoms with Gasteiger partial charge in [0, 0.05) is 32.7 Å². The molecule has 1 heterocycles. The topological polar surface area (TPSA) is 18.5 Å².